The van der Waals surface area contributed by atoms with Crippen LogP contribution in [0.1, 0.15) is 45.0 Å². The van der Waals surface area contributed by atoms with E-state index in [0.29, 0.717) is 0 Å². The van der Waals surface area contributed by atoms with Crippen molar-refractivity contribution < 1.29 is 9.53 Å². The molecule has 0 aliphatic heterocycles. The first-order valence-corrected chi connectivity index (χ1v) is 8.40. The van der Waals surface area contributed by atoms with Crippen molar-refractivity contribution in [2.75, 3.05) is 20.6 Å². The third-order valence-electron chi connectivity index (χ3n) is 4.93. The molecule has 0 amide bonds. The van der Waals surface area contributed by atoms with Crippen LogP contribution in [0.2, 0.25) is 0 Å². The Kier molecular flexibility index (Phi) is 5.05. The molecule has 0 aliphatic carbocycles. The van der Waals surface area contributed by atoms with Gasteiger partial charge in [0.2, 0.25) is 0 Å². The van der Waals surface area contributed by atoms with Gasteiger partial charge in [-0.2, -0.15) is 0 Å². The maximum absolute atomic E-state index is 11.6. The summed E-state index contributed by atoms with van der Waals surface area (Å²) in [5, 5.41) is 2.14. The fourth-order valence-corrected chi connectivity index (χ4v) is 2.92. The van der Waals surface area contributed by atoms with Gasteiger partial charge in [0.25, 0.3) is 0 Å². The largest absolute Gasteiger partial charge is 0.487 e. The minimum Gasteiger partial charge on any atom is -0.487 e. The molecule has 2 aromatic rings. The van der Waals surface area contributed by atoms with Crippen LogP contribution in [0.15, 0.2) is 36.4 Å². The first-order chi connectivity index (χ1) is 11.0. The third kappa shape index (κ3) is 3.96. The van der Waals surface area contributed by atoms with Crippen molar-refractivity contribution in [2.45, 2.75) is 40.2 Å². The van der Waals surface area contributed by atoms with E-state index in [-0.39, 0.29) is 16.8 Å². The molecule has 0 saturated carbocycles. The SMILES string of the molecule is CC(=O)c1ccc2ccc(OC(C)(C)C(C)(C)CN(C)C)cc2c1. The zero-order valence-corrected chi connectivity index (χ0v) is 15.9. The fourth-order valence-electron chi connectivity index (χ4n) is 2.92. The predicted molar refractivity (Wildman–Crippen MR) is 101 cm³/mol. The van der Waals surface area contributed by atoms with Gasteiger partial charge in [-0.1, -0.05) is 32.0 Å². The first-order valence-electron chi connectivity index (χ1n) is 8.40. The highest BCUT2D eigenvalue weighted by atomic mass is 16.5. The van der Waals surface area contributed by atoms with Gasteiger partial charge in [0, 0.05) is 17.5 Å². The van der Waals surface area contributed by atoms with Gasteiger partial charge >= 0.3 is 0 Å². The number of nitrogens with zero attached hydrogens (tertiary/aromatic N) is 1. The molecular weight excluding hydrogens is 298 g/mol. The van der Waals surface area contributed by atoms with Crippen molar-refractivity contribution in [1.82, 2.24) is 4.90 Å². The van der Waals surface area contributed by atoms with E-state index in [4.69, 9.17) is 4.74 Å². The molecule has 0 aliphatic rings. The lowest BCUT2D eigenvalue weighted by Gasteiger charge is -2.43. The Labute approximate surface area is 145 Å². The summed E-state index contributed by atoms with van der Waals surface area (Å²) in [4.78, 5) is 13.8. The first kappa shape index (κ1) is 18.5. The Balaban J connectivity index is 2.33. The quantitative estimate of drug-likeness (QED) is 0.715. The highest BCUT2D eigenvalue weighted by molar-refractivity contribution is 5.98. The van der Waals surface area contributed by atoms with Crippen molar-refractivity contribution >= 4 is 16.6 Å². The molecule has 2 aromatic carbocycles. The Morgan fingerprint density at radius 2 is 1.62 bits per heavy atom. The molecule has 0 unspecified atom stereocenters. The summed E-state index contributed by atoms with van der Waals surface area (Å²) < 4.78 is 6.36. The minimum absolute atomic E-state index is 0.0211. The summed E-state index contributed by atoms with van der Waals surface area (Å²) in [5.74, 6) is 0.913. The van der Waals surface area contributed by atoms with Gasteiger partial charge in [-0.15, -0.1) is 0 Å². The van der Waals surface area contributed by atoms with Gasteiger partial charge in [-0.3, -0.25) is 4.79 Å². The number of rotatable bonds is 6. The summed E-state index contributed by atoms with van der Waals surface area (Å²) in [5.41, 5.74) is 0.377. The topological polar surface area (TPSA) is 29.5 Å². The van der Waals surface area contributed by atoms with Gasteiger partial charge in [-0.05, 0) is 63.8 Å². The second-order valence-corrected chi connectivity index (χ2v) is 8.01. The Bertz CT molecular complexity index is 745. The number of hydrogen-bond donors (Lipinski definition) is 0. The predicted octanol–water partition coefficient (Wildman–Crippen LogP) is 4.79. The van der Waals surface area contributed by atoms with Crippen LogP contribution in [-0.4, -0.2) is 36.9 Å². The number of Topliss-reactive ketones (excluding diaryl/α,β-unsaturated/α-hetero) is 1. The van der Waals surface area contributed by atoms with Gasteiger partial charge in [0.15, 0.2) is 5.78 Å². The van der Waals surface area contributed by atoms with Gasteiger partial charge in [0.05, 0.1) is 0 Å². The molecule has 0 N–H and O–H groups in total. The van der Waals surface area contributed by atoms with Gasteiger partial charge in [-0.25, -0.2) is 0 Å². The Morgan fingerprint density at radius 3 is 2.21 bits per heavy atom. The number of benzene rings is 2. The van der Waals surface area contributed by atoms with E-state index in [1.807, 2.05) is 36.4 Å². The average Bonchev–Trinajstić information content (AvgIpc) is 2.44. The smallest absolute Gasteiger partial charge is 0.159 e. The van der Waals surface area contributed by atoms with E-state index < -0.39 is 0 Å². The zero-order chi connectivity index (χ0) is 18.1. The summed E-state index contributed by atoms with van der Waals surface area (Å²) >= 11 is 0. The van der Waals surface area contributed by atoms with Crippen LogP contribution in [-0.2, 0) is 0 Å². The lowest BCUT2D eigenvalue weighted by atomic mass is 9.76. The number of carbonyl (C=O) groups is 1. The van der Waals surface area contributed by atoms with Crippen LogP contribution in [0.25, 0.3) is 10.8 Å². The molecule has 0 saturated heterocycles. The molecule has 0 heterocycles. The molecule has 0 bridgehead atoms. The molecule has 3 nitrogen and oxygen atoms in total. The summed E-state index contributed by atoms with van der Waals surface area (Å²) in [6.45, 7) is 11.2. The highest BCUT2D eigenvalue weighted by Crippen LogP contribution is 2.36. The van der Waals surface area contributed by atoms with E-state index in [9.17, 15) is 4.79 Å². The maximum atomic E-state index is 11.6. The van der Waals surface area contributed by atoms with Gasteiger partial charge < -0.3 is 9.64 Å². The number of fused-ring (bicyclic) bond motifs is 1. The number of carbonyl (C=O) groups excluding carboxylic acids is 1. The standard InChI is InChI=1S/C21H29NO2/c1-15(23)17-9-8-16-10-11-19(13-18(16)12-17)24-21(4,5)20(2,3)14-22(6)7/h8-13H,14H2,1-7H3. The maximum Gasteiger partial charge on any atom is 0.159 e. The third-order valence-corrected chi connectivity index (χ3v) is 4.93. The van der Waals surface area contributed by atoms with Crippen LogP contribution in [0, 0.1) is 5.41 Å². The summed E-state index contributed by atoms with van der Waals surface area (Å²) in [6.07, 6.45) is 0. The molecule has 0 aromatic heterocycles. The summed E-state index contributed by atoms with van der Waals surface area (Å²) in [7, 11) is 4.16. The molecule has 3 heteroatoms. The second kappa shape index (κ2) is 6.56. The van der Waals surface area contributed by atoms with Crippen molar-refractivity contribution in [2.24, 2.45) is 5.41 Å². The normalized spacial score (nSPS) is 12.7. The van der Waals surface area contributed by atoms with Crippen molar-refractivity contribution in [3.05, 3.63) is 42.0 Å². The molecule has 24 heavy (non-hydrogen) atoms. The van der Waals surface area contributed by atoms with E-state index in [1.165, 1.54) is 0 Å². The average molecular weight is 327 g/mol. The van der Waals surface area contributed by atoms with Gasteiger partial charge in [0.1, 0.15) is 11.4 Å². The number of hydrogen-bond acceptors (Lipinski definition) is 3. The molecule has 0 atom stereocenters. The van der Waals surface area contributed by atoms with E-state index in [1.54, 1.807) is 6.92 Å². The Morgan fingerprint density at radius 1 is 1.00 bits per heavy atom. The molecule has 2 rings (SSSR count). The minimum atomic E-state index is -0.330. The molecule has 0 fully saturated rings. The number of ketones is 1. The fraction of sp³-hybridized carbons (Fsp3) is 0.476. The van der Waals surface area contributed by atoms with Crippen LogP contribution in [0.3, 0.4) is 0 Å². The second-order valence-electron chi connectivity index (χ2n) is 8.01. The molecule has 0 spiro atoms. The van der Waals surface area contributed by atoms with E-state index in [2.05, 4.69) is 46.7 Å². The summed E-state index contributed by atoms with van der Waals surface area (Å²) in [6, 6.07) is 11.9. The van der Waals surface area contributed by atoms with Crippen LogP contribution in [0.5, 0.6) is 5.75 Å². The molecule has 0 radical (unpaired) electrons. The highest BCUT2D eigenvalue weighted by Gasteiger charge is 2.39. The van der Waals surface area contributed by atoms with Crippen LogP contribution >= 0.6 is 0 Å². The lowest BCUT2D eigenvalue weighted by molar-refractivity contribution is -0.0239. The number of ether oxygens (including phenoxy) is 1. The van der Waals surface area contributed by atoms with Crippen molar-refractivity contribution in [3.63, 3.8) is 0 Å². The zero-order valence-electron chi connectivity index (χ0n) is 15.9. The van der Waals surface area contributed by atoms with Crippen molar-refractivity contribution in [1.29, 1.82) is 0 Å². The van der Waals surface area contributed by atoms with E-state index in [0.717, 1.165) is 28.6 Å². The van der Waals surface area contributed by atoms with Crippen LogP contribution < -0.4 is 4.74 Å². The monoisotopic (exact) mass is 327 g/mol. The molecule has 130 valence electrons. The Hall–Kier alpha value is -1.87. The van der Waals surface area contributed by atoms with Crippen molar-refractivity contribution in [3.8, 4) is 5.75 Å². The van der Waals surface area contributed by atoms with Crippen LogP contribution in [0.4, 0.5) is 0 Å². The lowest BCUT2D eigenvalue weighted by Crippen LogP contribution is -2.49. The molecular formula is C21H29NO2. The van der Waals surface area contributed by atoms with E-state index >= 15 is 0 Å².